The molecule has 110 valence electrons. The molecule has 6 heteroatoms. The zero-order valence-corrected chi connectivity index (χ0v) is 12.2. The Labute approximate surface area is 114 Å². The number of aliphatic carboxylic acids is 1. The Bertz CT molecular complexity index is 347. The number of carbonyl (C=O) groups excluding carboxylic acids is 1. The van der Waals surface area contributed by atoms with Gasteiger partial charge in [0.2, 0.25) is 0 Å². The minimum absolute atomic E-state index is 0.158. The predicted octanol–water partition coefficient (Wildman–Crippen LogP) is 1.31. The van der Waals surface area contributed by atoms with E-state index >= 15 is 0 Å². The van der Waals surface area contributed by atoms with Crippen molar-refractivity contribution < 1.29 is 19.4 Å². The molecule has 2 N–H and O–H groups in total. The summed E-state index contributed by atoms with van der Waals surface area (Å²) in [6.45, 7) is 6.88. The molecule has 2 amide bonds. The number of ether oxygens (including phenoxy) is 1. The number of nitrogens with zero attached hydrogens (tertiary/aromatic N) is 1. The van der Waals surface area contributed by atoms with Gasteiger partial charge in [0.15, 0.2) is 0 Å². The monoisotopic (exact) mass is 272 g/mol. The molecular weight excluding hydrogens is 248 g/mol. The normalized spacial score (nSPS) is 19.1. The van der Waals surface area contributed by atoms with Crippen molar-refractivity contribution in [3.63, 3.8) is 0 Å². The van der Waals surface area contributed by atoms with Gasteiger partial charge in [0, 0.05) is 20.2 Å². The van der Waals surface area contributed by atoms with Gasteiger partial charge in [-0.15, -0.1) is 0 Å². The lowest BCUT2D eigenvalue weighted by molar-refractivity contribution is -0.150. The summed E-state index contributed by atoms with van der Waals surface area (Å²) in [4.78, 5) is 24.9. The molecule has 6 nitrogen and oxygen atoms in total. The van der Waals surface area contributed by atoms with E-state index in [2.05, 4.69) is 5.32 Å². The third-order valence-electron chi connectivity index (χ3n) is 3.62. The van der Waals surface area contributed by atoms with Gasteiger partial charge in [-0.1, -0.05) is 0 Å². The molecule has 19 heavy (non-hydrogen) atoms. The van der Waals surface area contributed by atoms with Crippen LogP contribution < -0.4 is 5.32 Å². The second-order valence-corrected chi connectivity index (χ2v) is 6.10. The van der Waals surface area contributed by atoms with Gasteiger partial charge in [0.05, 0.1) is 17.6 Å². The maximum absolute atomic E-state index is 12.1. The standard InChI is InChI=1S/C13H24N2O4/c1-12(2,9-19-4)14-11(18)15-7-5-13(3,6-8-15)10(16)17/h5-9H2,1-4H3,(H,14,18)(H,16,17). The fourth-order valence-corrected chi connectivity index (χ4v) is 2.18. The van der Waals surface area contributed by atoms with E-state index in [1.54, 1.807) is 18.9 Å². The third kappa shape index (κ3) is 4.09. The smallest absolute Gasteiger partial charge is 0.317 e. The van der Waals surface area contributed by atoms with Gasteiger partial charge in [0.25, 0.3) is 0 Å². The van der Waals surface area contributed by atoms with Crippen molar-refractivity contribution in [1.82, 2.24) is 10.2 Å². The highest BCUT2D eigenvalue weighted by Gasteiger charge is 2.38. The van der Waals surface area contributed by atoms with Crippen LogP contribution in [0.25, 0.3) is 0 Å². The second-order valence-electron chi connectivity index (χ2n) is 6.10. The molecule has 1 saturated heterocycles. The van der Waals surface area contributed by atoms with Crippen LogP contribution in [-0.2, 0) is 9.53 Å². The maximum atomic E-state index is 12.1. The second kappa shape index (κ2) is 5.77. The number of piperidine rings is 1. The maximum Gasteiger partial charge on any atom is 0.317 e. The molecule has 0 bridgehead atoms. The average molecular weight is 272 g/mol. The lowest BCUT2D eigenvalue weighted by Gasteiger charge is -2.38. The van der Waals surface area contributed by atoms with Crippen molar-refractivity contribution in [2.45, 2.75) is 39.2 Å². The Balaban J connectivity index is 2.52. The first-order valence-electron chi connectivity index (χ1n) is 6.50. The van der Waals surface area contributed by atoms with Crippen molar-refractivity contribution >= 4 is 12.0 Å². The minimum atomic E-state index is -0.785. The zero-order chi connectivity index (χ0) is 14.7. The quantitative estimate of drug-likeness (QED) is 0.808. The van der Waals surface area contributed by atoms with Crippen LogP contribution in [0, 0.1) is 5.41 Å². The van der Waals surface area contributed by atoms with Crippen molar-refractivity contribution in [2.24, 2.45) is 5.41 Å². The van der Waals surface area contributed by atoms with Crippen LogP contribution in [0.1, 0.15) is 33.6 Å². The van der Waals surface area contributed by atoms with Gasteiger partial charge in [0.1, 0.15) is 0 Å². The number of carbonyl (C=O) groups is 2. The average Bonchev–Trinajstić information content (AvgIpc) is 2.28. The van der Waals surface area contributed by atoms with E-state index in [0.717, 1.165) is 0 Å². The Morgan fingerprint density at radius 1 is 1.37 bits per heavy atom. The van der Waals surface area contributed by atoms with Crippen LogP contribution in [0.4, 0.5) is 4.79 Å². The highest BCUT2D eigenvalue weighted by Crippen LogP contribution is 2.31. The molecule has 0 atom stereocenters. The van der Waals surface area contributed by atoms with Gasteiger partial charge in [-0.2, -0.15) is 0 Å². The largest absolute Gasteiger partial charge is 0.481 e. The van der Waals surface area contributed by atoms with Gasteiger partial charge >= 0.3 is 12.0 Å². The van der Waals surface area contributed by atoms with Gasteiger partial charge in [-0.05, 0) is 33.6 Å². The summed E-state index contributed by atoms with van der Waals surface area (Å²) in [5.74, 6) is -0.785. The van der Waals surface area contributed by atoms with E-state index in [9.17, 15) is 9.59 Å². The van der Waals surface area contributed by atoms with Crippen molar-refractivity contribution in [2.75, 3.05) is 26.8 Å². The van der Waals surface area contributed by atoms with Crippen molar-refractivity contribution in [1.29, 1.82) is 0 Å². The molecule has 0 unspecified atom stereocenters. The van der Waals surface area contributed by atoms with Crippen LogP contribution in [-0.4, -0.2) is 54.4 Å². The van der Waals surface area contributed by atoms with Crippen LogP contribution in [0.5, 0.6) is 0 Å². The number of methoxy groups -OCH3 is 1. The first-order chi connectivity index (χ1) is 8.70. The number of hydrogen-bond donors (Lipinski definition) is 2. The zero-order valence-electron chi connectivity index (χ0n) is 12.2. The van der Waals surface area contributed by atoms with E-state index in [0.29, 0.717) is 32.5 Å². The van der Waals surface area contributed by atoms with E-state index in [1.165, 1.54) is 0 Å². The minimum Gasteiger partial charge on any atom is -0.481 e. The summed E-state index contributed by atoms with van der Waals surface area (Å²) >= 11 is 0. The number of rotatable bonds is 4. The number of likely N-dealkylation sites (tertiary alicyclic amines) is 1. The lowest BCUT2D eigenvalue weighted by Crippen LogP contribution is -2.55. The summed E-state index contributed by atoms with van der Waals surface area (Å²) in [6, 6.07) is -0.158. The molecule has 1 heterocycles. The summed E-state index contributed by atoms with van der Waals surface area (Å²) in [5, 5.41) is 12.0. The molecular formula is C13H24N2O4. The molecule has 0 aromatic heterocycles. The highest BCUT2D eigenvalue weighted by molar-refractivity contribution is 5.77. The number of carboxylic acids is 1. The van der Waals surface area contributed by atoms with E-state index < -0.39 is 16.9 Å². The predicted molar refractivity (Wildman–Crippen MR) is 71.0 cm³/mol. The van der Waals surface area contributed by atoms with Gasteiger partial charge < -0.3 is 20.1 Å². The molecule has 0 aromatic carbocycles. The molecule has 0 saturated carbocycles. The topological polar surface area (TPSA) is 78.9 Å². The first-order valence-corrected chi connectivity index (χ1v) is 6.50. The fraction of sp³-hybridized carbons (Fsp3) is 0.846. The number of nitrogens with one attached hydrogen (secondary N) is 1. The molecule has 1 aliphatic heterocycles. The van der Waals surface area contributed by atoms with Crippen LogP contribution >= 0.6 is 0 Å². The van der Waals surface area contributed by atoms with Crippen LogP contribution in [0.3, 0.4) is 0 Å². The first kappa shape index (κ1) is 15.8. The molecule has 0 radical (unpaired) electrons. The van der Waals surface area contributed by atoms with Crippen LogP contribution in [0.2, 0.25) is 0 Å². The Hall–Kier alpha value is -1.30. The van der Waals surface area contributed by atoms with Crippen LogP contribution in [0.15, 0.2) is 0 Å². The van der Waals surface area contributed by atoms with E-state index in [-0.39, 0.29) is 6.03 Å². The number of hydrogen-bond acceptors (Lipinski definition) is 3. The summed E-state index contributed by atoms with van der Waals surface area (Å²) in [5.41, 5.74) is -1.14. The molecule has 0 spiro atoms. The SMILES string of the molecule is COCC(C)(C)NC(=O)N1CCC(C)(C(=O)O)CC1. The number of urea groups is 1. The molecule has 1 fully saturated rings. The molecule has 0 aliphatic carbocycles. The molecule has 0 aromatic rings. The summed E-state index contributed by atoms with van der Waals surface area (Å²) in [7, 11) is 1.59. The van der Waals surface area contributed by atoms with Gasteiger partial charge in [-0.3, -0.25) is 4.79 Å². The van der Waals surface area contributed by atoms with Crippen molar-refractivity contribution in [3.05, 3.63) is 0 Å². The van der Waals surface area contributed by atoms with Crippen molar-refractivity contribution in [3.8, 4) is 0 Å². The number of carboxylic acid groups (broad SMARTS) is 1. The highest BCUT2D eigenvalue weighted by atomic mass is 16.5. The molecule has 1 aliphatic rings. The number of amides is 2. The Morgan fingerprint density at radius 2 is 1.89 bits per heavy atom. The van der Waals surface area contributed by atoms with Gasteiger partial charge in [-0.25, -0.2) is 4.79 Å². The van der Waals surface area contributed by atoms with E-state index in [4.69, 9.17) is 9.84 Å². The van der Waals surface area contributed by atoms with E-state index in [1.807, 2.05) is 13.8 Å². The summed E-state index contributed by atoms with van der Waals surface area (Å²) in [6.07, 6.45) is 0.973. The third-order valence-corrected chi connectivity index (χ3v) is 3.62. The molecule has 1 rings (SSSR count). The fourth-order valence-electron chi connectivity index (χ4n) is 2.18. The lowest BCUT2D eigenvalue weighted by atomic mass is 9.80. The Morgan fingerprint density at radius 3 is 2.32 bits per heavy atom. The Kier molecular flexibility index (Phi) is 4.79. The summed E-state index contributed by atoms with van der Waals surface area (Å²) < 4.78 is 5.05.